The zero-order valence-electron chi connectivity index (χ0n) is 33.8. The van der Waals surface area contributed by atoms with Crippen LogP contribution in [-0.4, -0.2) is 60.2 Å². The Bertz CT molecular complexity index is 2520. The van der Waals surface area contributed by atoms with Gasteiger partial charge in [-0.3, -0.25) is 14.5 Å². The summed E-state index contributed by atoms with van der Waals surface area (Å²) in [5.74, 6) is -0.569. The van der Waals surface area contributed by atoms with Gasteiger partial charge in [-0.15, -0.1) is 0 Å². The number of hydrogen-bond donors (Lipinski definition) is 2. The van der Waals surface area contributed by atoms with Crippen molar-refractivity contribution in [3.05, 3.63) is 147 Å². The number of esters is 1. The minimum atomic E-state index is -1.05. The monoisotopic (exact) mass is 860 g/mol. The molecule has 2 aliphatic heterocycles. The SMILES string of the molecule is COC(=O)[C@H](Cc1ccc(-c2ccc(C#N)cc2)cc1)NC(=O)C1Cc2cc3c(cc2CN1C(=O)OC(C)(C)C)O[C@@H](c1ccc(NC(=O)c2ccc(Cl)c(Cl)c2)cc1)CO3. The van der Waals surface area contributed by atoms with E-state index in [9.17, 15) is 19.2 Å². The summed E-state index contributed by atoms with van der Waals surface area (Å²) in [6.07, 6.45) is -0.914. The Morgan fingerprint density at radius 2 is 1.54 bits per heavy atom. The van der Waals surface area contributed by atoms with Crippen LogP contribution in [0.5, 0.6) is 11.5 Å². The first-order valence-electron chi connectivity index (χ1n) is 19.5. The Balaban J connectivity index is 1.06. The molecule has 0 aliphatic carbocycles. The van der Waals surface area contributed by atoms with Crippen molar-refractivity contribution < 1.29 is 38.1 Å². The van der Waals surface area contributed by atoms with Crippen LogP contribution in [0.4, 0.5) is 10.5 Å². The maximum Gasteiger partial charge on any atom is 0.411 e. The third kappa shape index (κ3) is 10.1. The minimum absolute atomic E-state index is 0.0244. The van der Waals surface area contributed by atoms with Gasteiger partial charge >= 0.3 is 12.1 Å². The number of amides is 3. The molecule has 0 radical (unpaired) electrons. The highest BCUT2D eigenvalue weighted by molar-refractivity contribution is 6.42. The lowest BCUT2D eigenvalue weighted by molar-refractivity contribution is -0.145. The van der Waals surface area contributed by atoms with Crippen molar-refractivity contribution in [2.75, 3.05) is 19.0 Å². The molecule has 14 heteroatoms. The van der Waals surface area contributed by atoms with Gasteiger partial charge in [0.05, 0.1) is 35.3 Å². The average Bonchev–Trinajstić information content (AvgIpc) is 3.25. The normalized spacial score (nSPS) is 16.0. The van der Waals surface area contributed by atoms with Crippen LogP contribution in [0.3, 0.4) is 0 Å². The molecule has 12 nitrogen and oxygen atoms in total. The Kier molecular flexibility index (Phi) is 12.5. The number of carbonyl (C=O) groups excluding carboxylic acids is 4. The van der Waals surface area contributed by atoms with Gasteiger partial charge < -0.3 is 29.6 Å². The lowest BCUT2D eigenvalue weighted by Gasteiger charge is -2.38. The fourth-order valence-corrected chi connectivity index (χ4v) is 7.39. The third-order valence-corrected chi connectivity index (χ3v) is 11.0. The van der Waals surface area contributed by atoms with E-state index < -0.39 is 41.8 Å². The van der Waals surface area contributed by atoms with Crippen LogP contribution in [0, 0.1) is 11.3 Å². The number of anilines is 1. The molecule has 0 bridgehead atoms. The first-order chi connectivity index (χ1) is 29.2. The first-order valence-corrected chi connectivity index (χ1v) is 20.2. The number of ether oxygens (including phenoxy) is 4. The summed E-state index contributed by atoms with van der Waals surface area (Å²) < 4.78 is 23.5. The Hall–Kier alpha value is -6.55. The minimum Gasteiger partial charge on any atom is -0.485 e. The maximum absolute atomic E-state index is 14.2. The molecule has 7 rings (SSSR count). The summed E-state index contributed by atoms with van der Waals surface area (Å²) in [5, 5.41) is 15.5. The van der Waals surface area contributed by atoms with E-state index in [1.54, 1.807) is 57.2 Å². The largest absolute Gasteiger partial charge is 0.485 e. The van der Waals surface area contributed by atoms with E-state index in [0.29, 0.717) is 33.3 Å². The molecule has 312 valence electrons. The second-order valence-corrected chi connectivity index (χ2v) is 16.5. The number of hydrogen-bond acceptors (Lipinski definition) is 9. The fraction of sp³-hybridized carbons (Fsp3) is 0.255. The van der Waals surface area contributed by atoms with Crippen LogP contribution in [0.1, 0.15) is 65.1 Å². The van der Waals surface area contributed by atoms with Gasteiger partial charge in [0.25, 0.3) is 5.91 Å². The van der Waals surface area contributed by atoms with Crippen molar-refractivity contribution in [2.24, 2.45) is 0 Å². The number of fused-ring (bicyclic) bond motifs is 2. The second kappa shape index (κ2) is 18.0. The predicted octanol–water partition coefficient (Wildman–Crippen LogP) is 8.86. The highest BCUT2D eigenvalue weighted by Crippen LogP contribution is 2.41. The van der Waals surface area contributed by atoms with Gasteiger partial charge in [-0.1, -0.05) is 71.7 Å². The van der Waals surface area contributed by atoms with E-state index in [4.69, 9.17) is 47.4 Å². The summed E-state index contributed by atoms with van der Waals surface area (Å²) in [7, 11) is 1.25. The predicted molar refractivity (Wildman–Crippen MR) is 230 cm³/mol. The van der Waals surface area contributed by atoms with Gasteiger partial charge in [0.1, 0.15) is 24.3 Å². The van der Waals surface area contributed by atoms with Gasteiger partial charge in [0.2, 0.25) is 5.91 Å². The lowest BCUT2D eigenvalue weighted by atomic mass is 9.92. The molecule has 0 aromatic heterocycles. The van der Waals surface area contributed by atoms with E-state index in [0.717, 1.165) is 33.4 Å². The summed E-state index contributed by atoms with van der Waals surface area (Å²) in [5.41, 5.74) is 5.60. The molecule has 2 N–H and O–H groups in total. The molecule has 61 heavy (non-hydrogen) atoms. The number of nitrogens with zero attached hydrogens (tertiary/aromatic N) is 2. The standard InChI is InChI=1S/C47H42Cl2N4O8/c1-47(2,3)61-46(57)53-25-34-23-41-40(59-26-42(60-41)31-13-16-35(17-14-31)51-43(54)32-15-18-36(48)37(49)20-32)22-33(34)21-39(53)44(55)52-38(45(56)58-4)19-27-5-9-29(10-6-27)30-11-7-28(24-50)8-12-30/h5-18,20,22-23,38-39,42H,19,21,25-26H2,1-4H3,(H,51,54)(H,52,55)/t38-,39?,42+/m0/s1. The number of nitriles is 1. The Morgan fingerprint density at radius 3 is 2.18 bits per heavy atom. The van der Waals surface area contributed by atoms with Crippen molar-refractivity contribution in [1.29, 1.82) is 5.26 Å². The topological polar surface area (TPSA) is 156 Å². The van der Waals surface area contributed by atoms with Crippen molar-refractivity contribution in [2.45, 2.75) is 63.9 Å². The molecule has 0 saturated heterocycles. The molecule has 1 unspecified atom stereocenters. The maximum atomic E-state index is 14.2. The molecule has 2 aliphatic rings. The quantitative estimate of drug-likeness (QED) is 0.138. The first kappa shape index (κ1) is 42.6. The smallest absolute Gasteiger partial charge is 0.411 e. The van der Waals surface area contributed by atoms with E-state index in [-0.39, 0.29) is 36.9 Å². The Morgan fingerprint density at radius 1 is 0.869 bits per heavy atom. The van der Waals surface area contributed by atoms with E-state index in [1.165, 1.54) is 18.1 Å². The summed E-state index contributed by atoms with van der Waals surface area (Å²) in [6.45, 7) is 5.46. The molecule has 0 spiro atoms. The molecule has 3 atom stereocenters. The lowest BCUT2D eigenvalue weighted by Crippen LogP contribution is -2.56. The van der Waals surface area contributed by atoms with Crippen LogP contribution < -0.4 is 20.1 Å². The van der Waals surface area contributed by atoms with Crippen LogP contribution >= 0.6 is 23.2 Å². The van der Waals surface area contributed by atoms with Crippen molar-refractivity contribution in [3.63, 3.8) is 0 Å². The number of rotatable bonds is 9. The summed E-state index contributed by atoms with van der Waals surface area (Å²) in [4.78, 5) is 55.2. The van der Waals surface area contributed by atoms with Gasteiger partial charge in [0.15, 0.2) is 17.6 Å². The zero-order chi connectivity index (χ0) is 43.4. The number of nitrogens with one attached hydrogen (secondary N) is 2. The summed E-state index contributed by atoms with van der Waals surface area (Å²) >= 11 is 12.1. The van der Waals surface area contributed by atoms with Gasteiger partial charge in [0, 0.05) is 24.1 Å². The number of carbonyl (C=O) groups is 4. The number of benzene rings is 5. The molecule has 3 amide bonds. The van der Waals surface area contributed by atoms with Crippen molar-refractivity contribution >= 4 is 52.8 Å². The zero-order valence-corrected chi connectivity index (χ0v) is 35.3. The van der Waals surface area contributed by atoms with Crippen molar-refractivity contribution in [3.8, 4) is 28.7 Å². The molecule has 2 heterocycles. The van der Waals surface area contributed by atoms with Gasteiger partial charge in [-0.05, 0) is 109 Å². The van der Waals surface area contributed by atoms with E-state index >= 15 is 0 Å². The van der Waals surface area contributed by atoms with Gasteiger partial charge in [-0.25, -0.2) is 9.59 Å². The molecule has 0 fully saturated rings. The molecule has 5 aromatic rings. The number of halogens is 2. The third-order valence-electron chi connectivity index (χ3n) is 10.3. The van der Waals surface area contributed by atoms with E-state index in [1.807, 2.05) is 60.7 Å². The van der Waals surface area contributed by atoms with Crippen LogP contribution in [0.15, 0.2) is 103 Å². The molecule has 0 saturated carbocycles. The summed E-state index contributed by atoms with van der Waals surface area (Å²) in [6, 6.07) is 30.3. The number of methoxy groups -OCH3 is 1. The van der Waals surface area contributed by atoms with Crippen LogP contribution in [0.2, 0.25) is 10.0 Å². The van der Waals surface area contributed by atoms with Crippen LogP contribution in [-0.2, 0) is 38.4 Å². The average molecular weight is 862 g/mol. The highest BCUT2D eigenvalue weighted by Gasteiger charge is 2.40. The highest BCUT2D eigenvalue weighted by atomic mass is 35.5. The molecular weight excluding hydrogens is 819 g/mol. The van der Waals surface area contributed by atoms with Gasteiger partial charge in [-0.2, -0.15) is 5.26 Å². The van der Waals surface area contributed by atoms with E-state index in [2.05, 4.69) is 16.7 Å². The molecule has 5 aromatic carbocycles. The fourth-order valence-electron chi connectivity index (χ4n) is 7.09. The molecular formula is C47H42Cl2N4O8. The Labute approximate surface area is 363 Å². The van der Waals surface area contributed by atoms with Crippen molar-refractivity contribution in [1.82, 2.24) is 10.2 Å². The second-order valence-electron chi connectivity index (χ2n) is 15.7. The van der Waals surface area contributed by atoms with Crippen LogP contribution in [0.25, 0.3) is 11.1 Å².